The second-order valence-corrected chi connectivity index (χ2v) is 6.14. The molecule has 0 fully saturated rings. The van der Waals surface area contributed by atoms with Crippen molar-refractivity contribution in [3.05, 3.63) is 46.6 Å². The van der Waals surface area contributed by atoms with Gasteiger partial charge >= 0.3 is 0 Å². The zero-order valence-electron chi connectivity index (χ0n) is 12.6. The highest BCUT2D eigenvalue weighted by Crippen LogP contribution is 2.23. The number of benzene rings is 1. The summed E-state index contributed by atoms with van der Waals surface area (Å²) in [5.41, 5.74) is 1.09. The molecule has 0 saturated carbocycles. The van der Waals surface area contributed by atoms with Crippen LogP contribution < -0.4 is 5.32 Å². The fourth-order valence-electron chi connectivity index (χ4n) is 1.97. The summed E-state index contributed by atoms with van der Waals surface area (Å²) in [6.45, 7) is 6.59. The first kappa shape index (κ1) is 16.3. The van der Waals surface area contributed by atoms with Gasteiger partial charge in [0.1, 0.15) is 11.5 Å². The molecule has 2 rings (SSSR count). The molecule has 1 heterocycles. The molecule has 0 spiro atoms. The third-order valence-corrected chi connectivity index (χ3v) is 3.57. The van der Waals surface area contributed by atoms with E-state index < -0.39 is 0 Å². The van der Waals surface area contributed by atoms with Crippen LogP contribution >= 0.6 is 15.9 Å². The normalized spacial score (nSPS) is 11.2. The average molecular weight is 352 g/mol. The molecule has 0 aliphatic rings. The van der Waals surface area contributed by atoms with E-state index in [-0.39, 0.29) is 0 Å². The summed E-state index contributed by atoms with van der Waals surface area (Å²) in [5.74, 6) is 1.86. The second-order valence-electron chi connectivity index (χ2n) is 5.22. The molecule has 1 aromatic heterocycles. The molecule has 0 aliphatic heterocycles. The molecule has 0 unspecified atom stereocenters. The van der Waals surface area contributed by atoms with Crippen molar-refractivity contribution in [1.82, 2.24) is 5.32 Å². The standard InChI is InChI=1S/C17H22BrNO2/c1-13(2)20-11-3-10-19-12-16-8-9-17(21-16)14-4-6-15(18)7-5-14/h4-9,13,19H,3,10-12H2,1-2H3. The van der Waals surface area contributed by atoms with Gasteiger partial charge in [-0.25, -0.2) is 0 Å². The van der Waals surface area contributed by atoms with Gasteiger partial charge in [-0.3, -0.25) is 0 Å². The van der Waals surface area contributed by atoms with Crippen LogP contribution in [0.25, 0.3) is 11.3 Å². The largest absolute Gasteiger partial charge is 0.460 e. The van der Waals surface area contributed by atoms with E-state index in [1.165, 1.54) is 0 Å². The van der Waals surface area contributed by atoms with Gasteiger partial charge in [-0.05, 0) is 51.1 Å². The van der Waals surface area contributed by atoms with Crippen LogP contribution in [0.15, 0.2) is 45.3 Å². The summed E-state index contributed by atoms with van der Waals surface area (Å²) in [5, 5.41) is 3.37. The van der Waals surface area contributed by atoms with Gasteiger partial charge < -0.3 is 14.5 Å². The molecule has 0 aliphatic carbocycles. The first-order valence-electron chi connectivity index (χ1n) is 7.32. The number of ether oxygens (including phenoxy) is 1. The van der Waals surface area contributed by atoms with E-state index in [4.69, 9.17) is 9.15 Å². The fraction of sp³-hybridized carbons (Fsp3) is 0.412. The van der Waals surface area contributed by atoms with Gasteiger partial charge in [0, 0.05) is 16.6 Å². The number of nitrogens with one attached hydrogen (secondary N) is 1. The Bertz CT molecular complexity index is 534. The Balaban J connectivity index is 1.74. The lowest BCUT2D eigenvalue weighted by atomic mass is 10.2. The van der Waals surface area contributed by atoms with E-state index in [9.17, 15) is 0 Å². The van der Waals surface area contributed by atoms with Gasteiger partial charge in [0.05, 0.1) is 12.6 Å². The summed E-state index contributed by atoms with van der Waals surface area (Å²) >= 11 is 3.44. The maximum absolute atomic E-state index is 5.85. The molecule has 3 nitrogen and oxygen atoms in total. The predicted octanol–water partition coefficient (Wildman–Crippen LogP) is 4.61. The van der Waals surface area contributed by atoms with Gasteiger partial charge in [-0.2, -0.15) is 0 Å². The minimum atomic E-state index is 0.309. The van der Waals surface area contributed by atoms with Gasteiger partial charge in [0.2, 0.25) is 0 Å². The van der Waals surface area contributed by atoms with Crippen LogP contribution in [-0.4, -0.2) is 19.3 Å². The van der Waals surface area contributed by atoms with E-state index in [2.05, 4.69) is 35.1 Å². The van der Waals surface area contributed by atoms with Crippen LogP contribution in [0.2, 0.25) is 0 Å². The number of hydrogen-bond donors (Lipinski definition) is 1. The molecule has 0 bridgehead atoms. The van der Waals surface area contributed by atoms with Gasteiger partial charge in [-0.15, -0.1) is 0 Å². The van der Waals surface area contributed by atoms with Gasteiger partial charge in [0.25, 0.3) is 0 Å². The minimum absolute atomic E-state index is 0.309. The number of hydrogen-bond acceptors (Lipinski definition) is 3. The Hall–Kier alpha value is -1.10. The first-order chi connectivity index (χ1) is 10.1. The Labute approximate surface area is 134 Å². The smallest absolute Gasteiger partial charge is 0.134 e. The molecule has 0 atom stereocenters. The fourth-order valence-corrected chi connectivity index (χ4v) is 2.23. The Morgan fingerprint density at radius 1 is 1.14 bits per heavy atom. The maximum atomic E-state index is 5.85. The highest BCUT2D eigenvalue weighted by Gasteiger charge is 2.04. The molecule has 2 aromatic rings. The van der Waals surface area contributed by atoms with Crippen LogP contribution in [0.3, 0.4) is 0 Å². The van der Waals surface area contributed by atoms with Crippen molar-refractivity contribution < 1.29 is 9.15 Å². The lowest BCUT2D eigenvalue weighted by Crippen LogP contribution is -2.17. The molecule has 21 heavy (non-hydrogen) atoms. The molecule has 114 valence electrons. The van der Waals surface area contributed by atoms with E-state index in [0.29, 0.717) is 6.10 Å². The Morgan fingerprint density at radius 2 is 1.90 bits per heavy atom. The Kier molecular flexibility index (Phi) is 6.49. The lowest BCUT2D eigenvalue weighted by molar-refractivity contribution is 0.0770. The molecule has 1 N–H and O–H groups in total. The molecule has 0 amide bonds. The summed E-state index contributed by atoms with van der Waals surface area (Å²) in [7, 11) is 0. The minimum Gasteiger partial charge on any atom is -0.460 e. The number of furan rings is 1. The van der Waals surface area contributed by atoms with Crippen LogP contribution in [0, 0.1) is 0 Å². The summed E-state index contributed by atoms with van der Waals surface area (Å²) in [4.78, 5) is 0. The van der Waals surface area contributed by atoms with Gasteiger partial charge in [-0.1, -0.05) is 28.1 Å². The van der Waals surface area contributed by atoms with E-state index in [1.807, 2.05) is 36.4 Å². The van der Waals surface area contributed by atoms with E-state index in [0.717, 1.165) is 47.7 Å². The summed E-state index contributed by atoms with van der Waals surface area (Å²) in [6.07, 6.45) is 1.32. The van der Waals surface area contributed by atoms with Crippen LogP contribution in [0.4, 0.5) is 0 Å². The topological polar surface area (TPSA) is 34.4 Å². The molecule has 1 aromatic carbocycles. The van der Waals surface area contributed by atoms with E-state index in [1.54, 1.807) is 0 Å². The number of rotatable bonds is 8. The molecule has 0 radical (unpaired) electrons. The van der Waals surface area contributed by atoms with Crippen molar-refractivity contribution in [3.63, 3.8) is 0 Å². The maximum Gasteiger partial charge on any atom is 0.134 e. The van der Waals surface area contributed by atoms with Crippen molar-refractivity contribution in [2.24, 2.45) is 0 Å². The highest BCUT2D eigenvalue weighted by molar-refractivity contribution is 9.10. The summed E-state index contributed by atoms with van der Waals surface area (Å²) < 4.78 is 12.4. The van der Waals surface area contributed by atoms with E-state index >= 15 is 0 Å². The SMILES string of the molecule is CC(C)OCCCNCc1ccc(-c2ccc(Br)cc2)o1. The zero-order valence-corrected chi connectivity index (χ0v) is 14.2. The van der Waals surface area contributed by atoms with Crippen LogP contribution in [0.5, 0.6) is 0 Å². The summed E-state index contributed by atoms with van der Waals surface area (Å²) in [6, 6.07) is 12.2. The first-order valence-corrected chi connectivity index (χ1v) is 8.11. The van der Waals surface area contributed by atoms with Crippen molar-refractivity contribution in [1.29, 1.82) is 0 Å². The zero-order chi connectivity index (χ0) is 15.1. The molecular weight excluding hydrogens is 330 g/mol. The quantitative estimate of drug-likeness (QED) is 0.705. The van der Waals surface area contributed by atoms with Gasteiger partial charge in [0.15, 0.2) is 0 Å². The molecule has 0 saturated heterocycles. The second kappa shape index (κ2) is 8.37. The molecule has 4 heteroatoms. The predicted molar refractivity (Wildman–Crippen MR) is 89.3 cm³/mol. The van der Waals surface area contributed by atoms with Crippen molar-refractivity contribution in [2.75, 3.05) is 13.2 Å². The van der Waals surface area contributed by atoms with Crippen LogP contribution in [0.1, 0.15) is 26.0 Å². The third kappa shape index (κ3) is 5.65. The monoisotopic (exact) mass is 351 g/mol. The highest BCUT2D eigenvalue weighted by atomic mass is 79.9. The van der Waals surface area contributed by atoms with Crippen LogP contribution in [-0.2, 0) is 11.3 Å². The van der Waals surface area contributed by atoms with Crippen molar-refractivity contribution in [3.8, 4) is 11.3 Å². The third-order valence-electron chi connectivity index (χ3n) is 3.04. The Morgan fingerprint density at radius 3 is 2.62 bits per heavy atom. The lowest BCUT2D eigenvalue weighted by Gasteiger charge is -2.07. The molecular formula is C17H22BrNO2. The number of halogens is 1. The van der Waals surface area contributed by atoms with Crippen molar-refractivity contribution in [2.45, 2.75) is 32.9 Å². The van der Waals surface area contributed by atoms with Crippen molar-refractivity contribution >= 4 is 15.9 Å². The average Bonchev–Trinajstić information content (AvgIpc) is 2.92.